The molecule has 0 fully saturated rings. The molecular formula is C30H43N2+. The molecule has 0 atom stereocenters. The van der Waals surface area contributed by atoms with Gasteiger partial charge in [-0.15, -0.1) is 0 Å². The molecular weight excluding hydrogens is 388 g/mol. The maximum Gasteiger partial charge on any atom is 0.289 e. The minimum Gasteiger partial charge on any atom is -0.227 e. The third-order valence-corrected chi connectivity index (χ3v) is 7.40. The van der Waals surface area contributed by atoms with Crippen LogP contribution in [0.1, 0.15) is 86.0 Å². The van der Waals surface area contributed by atoms with Crippen LogP contribution >= 0.6 is 0 Å². The first-order valence-corrected chi connectivity index (χ1v) is 12.7. The first-order valence-electron chi connectivity index (χ1n) is 12.7. The summed E-state index contributed by atoms with van der Waals surface area (Å²) in [7, 11) is 0. The van der Waals surface area contributed by atoms with E-state index in [1.54, 1.807) is 0 Å². The van der Waals surface area contributed by atoms with Crippen molar-refractivity contribution >= 4 is 0 Å². The van der Waals surface area contributed by atoms with Crippen LogP contribution < -0.4 is 4.57 Å². The fraction of sp³-hybridized carbons (Fsp3) is 0.500. The van der Waals surface area contributed by atoms with E-state index in [1.807, 2.05) is 0 Å². The molecule has 0 amide bonds. The van der Waals surface area contributed by atoms with Crippen LogP contribution in [0.15, 0.2) is 42.5 Å². The van der Waals surface area contributed by atoms with Gasteiger partial charge in [-0.2, -0.15) is 0 Å². The number of benzene rings is 2. The zero-order valence-electron chi connectivity index (χ0n) is 21.5. The second-order valence-electron chi connectivity index (χ2n) is 9.37. The van der Waals surface area contributed by atoms with E-state index in [9.17, 15) is 0 Å². The molecule has 0 aliphatic rings. The number of imidazole rings is 1. The van der Waals surface area contributed by atoms with Gasteiger partial charge in [0, 0.05) is 13.8 Å². The highest BCUT2D eigenvalue weighted by molar-refractivity contribution is 5.63. The molecule has 0 spiro atoms. The molecule has 2 heteroatoms. The van der Waals surface area contributed by atoms with Gasteiger partial charge in [-0.25, -0.2) is 9.13 Å². The molecule has 172 valence electrons. The first-order chi connectivity index (χ1) is 15.4. The van der Waals surface area contributed by atoms with Gasteiger partial charge in [-0.05, 0) is 81.0 Å². The molecule has 0 radical (unpaired) electrons. The van der Waals surface area contributed by atoms with E-state index in [1.165, 1.54) is 70.7 Å². The van der Waals surface area contributed by atoms with Crippen LogP contribution in [0, 0.1) is 27.7 Å². The molecule has 0 N–H and O–H groups in total. The SMILES string of the molecule is CCC(CC)c1ccc(CCCC[n+]2c(C)c(C)n(CC)c2-c2c(C)cccc2C)cc1. The fourth-order valence-electron chi connectivity index (χ4n) is 5.27. The molecule has 0 bridgehead atoms. The van der Waals surface area contributed by atoms with Gasteiger partial charge in [0.15, 0.2) is 0 Å². The lowest BCUT2D eigenvalue weighted by molar-refractivity contribution is -0.691. The van der Waals surface area contributed by atoms with Crippen molar-refractivity contribution in [1.29, 1.82) is 0 Å². The van der Waals surface area contributed by atoms with Crippen molar-refractivity contribution in [1.82, 2.24) is 4.57 Å². The van der Waals surface area contributed by atoms with Crippen molar-refractivity contribution in [2.75, 3.05) is 0 Å². The number of aromatic nitrogens is 2. The largest absolute Gasteiger partial charge is 0.289 e. The highest BCUT2D eigenvalue weighted by atomic mass is 15.2. The standard InChI is InChI=1S/C30H43N2/c1-8-27(9-2)28-19-17-26(18-20-28)16-11-12-21-32-25(7)24(6)31(10-3)30(32)29-22(4)14-13-15-23(29)5/h13-15,17-20,27H,8-12,16,21H2,1-7H3/q+1. The van der Waals surface area contributed by atoms with Gasteiger partial charge >= 0.3 is 0 Å². The van der Waals surface area contributed by atoms with Crippen LogP contribution in [-0.2, 0) is 19.5 Å². The molecule has 1 aromatic heterocycles. The number of rotatable bonds is 10. The second kappa shape index (κ2) is 11.0. The average molecular weight is 432 g/mol. The van der Waals surface area contributed by atoms with Gasteiger partial charge in [0.05, 0.1) is 18.7 Å². The van der Waals surface area contributed by atoms with E-state index < -0.39 is 0 Å². The quantitative estimate of drug-likeness (QED) is 0.230. The summed E-state index contributed by atoms with van der Waals surface area (Å²) in [4.78, 5) is 0. The zero-order valence-corrected chi connectivity index (χ0v) is 21.5. The van der Waals surface area contributed by atoms with E-state index in [2.05, 4.69) is 100 Å². The number of nitrogens with zero attached hydrogens (tertiary/aromatic N) is 2. The van der Waals surface area contributed by atoms with Gasteiger partial charge in [-0.3, -0.25) is 0 Å². The second-order valence-corrected chi connectivity index (χ2v) is 9.37. The minimum atomic E-state index is 0.706. The molecule has 2 aromatic carbocycles. The molecule has 0 aliphatic heterocycles. The molecule has 0 unspecified atom stereocenters. The highest BCUT2D eigenvalue weighted by Crippen LogP contribution is 2.28. The van der Waals surface area contributed by atoms with E-state index in [4.69, 9.17) is 0 Å². The Hall–Kier alpha value is -2.35. The van der Waals surface area contributed by atoms with E-state index in [0.717, 1.165) is 19.5 Å². The van der Waals surface area contributed by atoms with Crippen LogP contribution in [0.2, 0.25) is 0 Å². The summed E-state index contributed by atoms with van der Waals surface area (Å²) in [6, 6.07) is 16.1. The fourth-order valence-corrected chi connectivity index (χ4v) is 5.27. The lowest BCUT2D eigenvalue weighted by Crippen LogP contribution is -2.38. The summed E-state index contributed by atoms with van der Waals surface area (Å²) in [6.45, 7) is 18.0. The predicted molar refractivity (Wildman–Crippen MR) is 137 cm³/mol. The minimum absolute atomic E-state index is 0.706. The number of aryl methyl sites for hydroxylation is 3. The van der Waals surface area contributed by atoms with E-state index >= 15 is 0 Å². The molecule has 3 rings (SSSR count). The number of hydrogen-bond donors (Lipinski definition) is 0. The van der Waals surface area contributed by atoms with Gasteiger partial charge in [0.2, 0.25) is 0 Å². The molecule has 0 aliphatic carbocycles. The van der Waals surface area contributed by atoms with Crippen molar-refractivity contribution in [2.24, 2.45) is 0 Å². The van der Waals surface area contributed by atoms with Gasteiger partial charge in [0.25, 0.3) is 5.82 Å². The summed E-state index contributed by atoms with van der Waals surface area (Å²) in [5, 5.41) is 0. The van der Waals surface area contributed by atoms with Gasteiger partial charge < -0.3 is 0 Å². The third kappa shape index (κ3) is 5.00. The third-order valence-electron chi connectivity index (χ3n) is 7.40. The topological polar surface area (TPSA) is 8.81 Å². The number of unbranched alkanes of at least 4 members (excludes halogenated alkanes) is 1. The average Bonchev–Trinajstić information content (AvgIpc) is 3.02. The van der Waals surface area contributed by atoms with Crippen LogP contribution in [0.3, 0.4) is 0 Å². The summed E-state index contributed by atoms with van der Waals surface area (Å²) < 4.78 is 5.08. The summed E-state index contributed by atoms with van der Waals surface area (Å²) in [6.07, 6.45) is 6.04. The van der Waals surface area contributed by atoms with E-state index in [0.29, 0.717) is 5.92 Å². The van der Waals surface area contributed by atoms with Crippen molar-refractivity contribution in [2.45, 2.75) is 99.6 Å². The van der Waals surface area contributed by atoms with Gasteiger partial charge in [-0.1, -0.05) is 56.3 Å². The Bertz CT molecular complexity index is 1000. The van der Waals surface area contributed by atoms with Crippen molar-refractivity contribution in [3.63, 3.8) is 0 Å². The van der Waals surface area contributed by atoms with Gasteiger partial charge in [0.1, 0.15) is 11.4 Å². The van der Waals surface area contributed by atoms with Crippen LogP contribution in [0.4, 0.5) is 0 Å². The Balaban J connectivity index is 1.75. The monoisotopic (exact) mass is 431 g/mol. The van der Waals surface area contributed by atoms with Crippen LogP contribution in [0.25, 0.3) is 11.4 Å². The number of hydrogen-bond acceptors (Lipinski definition) is 0. The van der Waals surface area contributed by atoms with Crippen LogP contribution in [-0.4, -0.2) is 4.57 Å². The maximum absolute atomic E-state index is 2.57. The molecule has 0 saturated heterocycles. The lowest BCUT2D eigenvalue weighted by atomic mass is 9.93. The predicted octanol–water partition coefficient (Wildman–Crippen LogP) is 7.62. The Morgan fingerprint density at radius 1 is 0.812 bits per heavy atom. The van der Waals surface area contributed by atoms with Crippen molar-refractivity contribution in [3.05, 3.63) is 76.1 Å². The molecule has 32 heavy (non-hydrogen) atoms. The Kier molecular flexibility index (Phi) is 8.34. The zero-order chi connectivity index (χ0) is 23.3. The Labute approximate surface area is 196 Å². The smallest absolute Gasteiger partial charge is 0.227 e. The lowest BCUT2D eigenvalue weighted by Gasteiger charge is -2.13. The Morgan fingerprint density at radius 2 is 1.44 bits per heavy atom. The molecule has 2 nitrogen and oxygen atoms in total. The summed E-state index contributed by atoms with van der Waals surface area (Å²) in [5.74, 6) is 2.09. The molecule has 1 heterocycles. The first kappa shape index (κ1) is 24.3. The normalized spacial score (nSPS) is 11.5. The van der Waals surface area contributed by atoms with Crippen molar-refractivity contribution < 1.29 is 4.57 Å². The van der Waals surface area contributed by atoms with Crippen molar-refractivity contribution in [3.8, 4) is 11.4 Å². The molecule has 0 saturated carbocycles. The summed E-state index contributed by atoms with van der Waals surface area (Å²) >= 11 is 0. The van der Waals surface area contributed by atoms with Crippen LogP contribution in [0.5, 0.6) is 0 Å². The molecule has 3 aromatic rings. The highest BCUT2D eigenvalue weighted by Gasteiger charge is 2.28. The Morgan fingerprint density at radius 3 is 2.00 bits per heavy atom. The maximum atomic E-state index is 2.57. The van der Waals surface area contributed by atoms with E-state index in [-0.39, 0.29) is 0 Å². The summed E-state index contributed by atoms with van der Waals surface area (Å²) in [5.41, 5.74) is 9.90.